The largest absolute Gasteiger partial charge is 0.507 e. The molecule has 0 atom stereocenters. The molecule has 0 spiro atoms. The van der Waals surface area contributed by atoms with E-state index < -0.39 is 22.8 Å². The summed E-state index contributed by atoms with van der Waals surface area (Å²) >= 11 is 12.2. The monoisotopic (exact) mass is 507 g/mol. The van der Waals surface area contributed by atoms with Crippen LogP contribution >= 0.6 is 23.2 Å². The number of halogens is 3. The minimum atomic E-state index is -1.09. The van der Waals surface area contributed by atoms with E-state index >= 15 is 0 Å². The van der Waals surface area contributed by atoms with Crippen LogP contribution in [0.1, 0.15) is 22.3 Å². The van der Waals surface area contributed by atoms with Gasteiger partial charge in [-0.05, 0) is 30.2 Å². The number of hydrogen-bond acceptors (Lipinski definition) is 6. The number of rotatable bonds is 10. The van der Waals surface area contributed by atoms with Crippen LogP contribution in [-0.2, 0) is 11.2 Å². The third kappa shape index (κ3) is 6.49. The van der Waals surface area contributed by atoms with Crippen molar-refractivity contribution in [2.24, 2.45) is 0 Å². The highest BCUT2D eigenvalue weighted by Gasteiger charge is 2.21. The Morgan fingerprint density at radius 3 is 2.50 bits per heavy atom. The number of carboxylic acids is 1. The second kappa shape index (κ2) is 11.5. The number of aromatic nitrogens is 1. The number of nitrogens with zero attached hydrogens (tertiary/aromatic N) is 1. The average Bonchev–Trinajstić information content (AvgIpc) is 2.81. The summed E-state index contributed by atoms with van der Waals surface area (Å²) in [4.78, 5) is 26.8. The molecule has 3 rings (SSSR count). The Labute approximate surface area is 204 Å². The number of carboxylic acid groups (broad SMARTS) is 1. The topological polar surface area (TPSA) is 121 Å². The van der Waals surface area contributed by atoms with E-state index in [1.165, 1.54) is 18.2 Å². The van der Waals surface area contributed by atoms with E-state index in [0.29, 0.717) is 13.0 Å². The molecule has 1 aromatic heterocycles. The highest BCUT2D eigenvalue weighted by atomic mass is 35.5. The van der Waals surface area contributed by atoms with Crippen molar-refractivity contribution in [3.63, 3.8) is 0 Å². The van der Waals surface area contributed by atoms with Crippen molar-refractivity contribution in [3.05, 3.63) is 75.7 Å². The lowest BCUT2D eigenvalue weighted by Crippen LogP contribution is -2.25. The van der Waals surface area contributed by atoms with Crippen LogP contribution in [0.3, 0.4) is 0 Å². The smallest absolute Gasteiger partial charge is 0.305 e. The lowest BCUT2D eigenvalue weighted by atomic mass is 10.1. The van der Waals surface area contributed by atoms with Gasteiger partial charge in [0, 0.05) is 13.1 Å². The molecule has 0 radical (unpaired) electrons. The summed E-state index contributed by atoms with van der Waals surface area (Å²) in [6.07, 6.45) is 0.349. The van der Waals surface area contributed by atoms with Gasteiger partial charge in [0.05, 0.1) is 12.0 Å². The Kier molecular flexibility index (Phi) is 8.50. The summed E-state index contributed by atoms with van der Waals surface area (Å²) < 4.78 is 19.8. The number of phenols is 1. The zero-order valence-corrected chi connectivity index (χ0v) is 19.2. The first-order valence-electron chi connectivity index (χ1n) is 10.1. The van der Waals surface area contributed by atoms with Crippen LogP contribution in [0.15, 0.2) is 48.5 Å². The summed E-state index contributed by atoms with van der Waals surface area (Å²) in [5.74, 6) is -3.35. The van der Waals surface area contributed by atoms with Crippen molar-refractivity contribution in [1.29, 1.82) is 0 Å². The van der Waals surface area contributed by atoms with Gasteiger partial charge in [-0.3, -0.25) is 9.59 Å². The Hall–Kier alpha value is -3.56. The second-order valence-corrected chi connectivity index (χ2v) is 7.81. The first-order chi connectivity index (χ1) is 16.3. The molecule has 0 saturated heterocycles. The summed E-state index contributed by atoms with van der Waals surface area (Å²) in [6.45, 7) is 0.279. The number of phenolic OH excluding ortho intramolecular Hbond substituents is 1. The number of aliphatic carboxylic acids is 1. The summed E-state index contributed by atoms with van der Waals surface area (Å²) in [7, 11) is 0. The lowest BCUT2D eigenvalue weighted by Gasteiger charge is -2.15. The van der Waals surface area contributed by atoms with Crippen LogP contribution in [0.5, 0.6) is 17.2 Å². The molecule has 8 nitrogen and oxygen atoms in total. The maximum atomic E-state index is 14.2. The van der Waals surface area contributed by atoms with E-state index in [1.807, 2.05) is 30.3 Å². The van der Waals surface area contributed by atoms with Gasteiger partial charge in [-0.1, -0.05) is 53.5 Å². The van der Waals surface area contributed by atoms with Crippen LogP contribution in [0.25, 0.3) is 0 Å². The average molecular weight is 508 g/mol. The van der Waals surface area contributed by atoms with Gasteiger partial charge in [0.2, 0.25) is 5.95 Å². The zero-order chi connectivity index (χ0) is 24.7. The van der Waals surface area contributed by atoms with Crippen LogP contribution in [0, 0.1) is 5.95 Å². The van der Waals surface area contributed by atoms with Gasteiger partial charge in [0.15, 0.2) is 11.6 Å². The van der Waals surface area contributed by atoms with Crippen molar-refractivity contribution in [3.8, 4) is 17.2 Å². The van der Waals surface area contributed by atoms with Crippen molar-refractivity contribution in [2.75, 3.05) is 18.4 Å². The maximum absolute atomic E-state index is 14.2. The van der Waals surface area contributed by atoms with E-state index in [0.717, 1.165) is 5.56 Å². The van der Waals surface area contributed by atoms with E-state index in [4.69, 9.17) is 33.0 Å². The van der Waals surface area contributed by atoms with Crippen LogP contribution in [0.4, 0.5) is 10.2 Å². The Morgan fingerprint density at radius 1 is 1.06 bits per heavy atom. The predicted octanol–water partition coefficient (Wildman–Crippen LogP) is 4.88. The SMILES string of the molecule is O=C(O)CCNc1nc(F)c(Cl)c(Oc2ccc(O)c(C(=O)NCCc3ccccc3)c2)c1Cl. The second-order valence-electron chi connectivity index (χ2n) is 7.05. The fraction of sp³-hybridized carbons (Fsp3) is 0.174. The van der Waals surface area contributed by atoms with Crippen LogP contribution in [-0.4, -0.2) is 40.2 Å². The quantitative estimate of drug-likeness (QED) is 0.288. The highest BCUT2D eigenvalue weighted by molar-refractivity contribution is 6.38. The van der Waals surface area contributed by atoms with Gasteiger partial charge < -0.3 is 25.6 Å². The summed E-state index contributed by atoms with van der Waals surface area (Å²) in [5, 5.41) is 23.5. The number of amides is 1. The number of aromatic hydroxyl groups is 1. The van der Waals surface area contributed by atoms with Gasteiger partial charge in [-0.2, -0.15) is 9.37 Å². The van der Waals surface area contributed by atoms with Crippen LogP contribution < -0.4 is 15.4 Å². The highest BCUT2D eigenvalue weighted by Crippen LogP contribution is 2.41. The van der Waals surface area contributed by atoms with E-state index in [2.05, 4.69) is 15.6 Å². The number of carbonyl (C=O) groups is 2. The van der Waals surface area contributed by atoms with E-state index in [9.17, 15) is 19.1 Å². The number of benzene rings is 2. The molecular formula is C23H20Cl2FN3O5. The van der Waals surface area contributed by atoms with Crippen molar-refractivity contribution in [2.45, 2.75) is 12.8 Å². The van der Waals surface area contributed by atoms with Crippen molar-refractivity contribution < 1.29 is 28.9 Å². The minimum Gasteiger partial charge on any atom is -0.507 e. The van der Waals surface area contributed by atoms with Crippen LogP contribution in [0.2, 0.25) is 10.0 Å². The molecule has 0 bridgehead atoms. The number of nitrogens with one attached hydrogen (secondary N) is 2. The fourth-order valence-electron chi connectivity index (χ4n) is 2.93. The van der Waals surface area contributed by atoms with Crippen molar-refractivity contribution >= 4 is 40.9 Å². The molecule has 0 saturated carbocycles. The fourth-order valence-corrected chi connectivity index (χ4v) is 3.39. The molecule has 0 fully saturated rings. The predicted molar refractivity (Wildman–Crippen MR) is 126 cm³/mol. The molecule has 0 aliphatic heterocycles. The van der Waals surface area contributed by atoms with E-state index in [-0.39, 0.29) is 46.6 Å². The number of carbonyl (C=O) groups excluding carboxylic acids is 1. The van der Waals surface area contributed by atoms with Gasteiger partial charge in [-0.25, -0.2) is 0 Å². The maximum Gasteiger partial charge on any atom is 0.305 e. The van der Waals surface area contributed by atoms with Gasteiger partial charge in [-0.15, -0.1) is 0 Å². The molecule has 178 valence electrons. The zero-order valence-electron chi connectivity index (χ0n) is 17.6. The number of hydrogen-bond donors (Lipinski definition) is 4. The number of anilines is 1. The Balaban J connectivity index is 1.75. The molecule has 4 N–H and O–H groups in total. The first-order valence-corrected chi connectivity index (χ1v) is 10.8. The normalized spacial score (nSPS) is 10.6. The Bertz CT molecular complexity index is 1190. The van der Waals surface area contributed by atoms with Gasteiger partial charge in [0.25, 0.3) is 5.91 Å². The molecule has 2 aromatic carbocycles. The molecule has 1 amide bonds. The molecular weight excluding hydrogens is 488 g/mol. The number of pyridine rings is 1. The summed E-state index contributed by atoms with van der Waals surface area (Å²) in [6, 6.07) is 13.4. The Morgan fingerprint density at radius 2 is 1.79 bits per heavy atom. The third-order valence-electron chi connectivity index (χ3n) is 4.60. The molecule has 0 aliphatic rings. The number of ether oxygens (including phenoxy) is 1. The third-order valence-corrected chi connectivity index (χ3v) is 5.28. The standard InChI is InChI=1S/C23H20Cl2FN3O5/c24-18-20(19(25)22(29-21(18)26)27-11-9-17(31)32)34-14-6-7-16(30)15(12-14)23(33)28-10-8-13-4-2-1-3-5-13/h1-7,12,30H,8-11H2,(H,27,29)(H,28,33)(H,31,32). The minimum absolute atomic E-state index is 0.0527. The van der Waals surface area contributed by atoms with Gasteiger partial charge in [0.1, 0.15) is 21.5 Å². The molecule has 1 heterocycles. The molecule has 0 aliphatic carbocycles. The summed E-state index contributed by atoms with van der Waals surface area (Å²) in [5.41, 5.74) is 0.980. The van der Waals surface area contributed by atoms with Gasteiger partial charge >= 0.3 is 5.97 Å². The molecule has 3 aromatic rings. The van der Waals surface area contributed by atoms with E-state index in [1.54, 1.807) is 0 Å². The molecule has 0 unspecified atom stereocenters. The lowest BCUT2D eigenvalue weighted by molar-refractivity contribution is -0.136. The molecule has 11 heteroatoms. The van der Waals surface area contributed by atoms with Crippen molar-refractivity contribution in [1.82, 2.24) is 10.3 Å². The first kappa shape index (κ1) is 25.1. The molecule has 34 heavy (non-hydrogen) atoms.